The first-order valence-corrected chi connectivity index (χ1v) is 8.25. The summed E-state index contributed by atoms with van der Waals surface area (Å²) in [6, 6.07) is 8.48. The lowest BCUT2D eigenvalue weighted by molar-refractivity contribution is 0.190. The van der Waals surface area contributed by atoms with E-state index in [4.69, 9.17) is 4.52 Å². The van der Waals surface area contributed by atoms with Crippen LogP contribution >= 0.6 is 0 Å². The van der Waals surface area contributed by atoms with Crippen molar-refractivity contribution in [3.8, 4) is 11.5 Å². The SMILES string of the molecule is Cc1ccc2nc(C)c(-c3nc(C4CNCCN4C)no3)cc2c1. The fourth-order valence-electron chi connectivity index (χ4n) is 3.18. The van der Waals surface area contributed by atoms with Crippen molar-refractivity contribution in [1.82, 2.24) is 25.3 Å². The molecule has 124 valence electrons. The van der Waals surface area contributed by atoms with Crippen LogP contribution in [-0.2, 0) is 0 Å². The Morgan fingerprint density at radius 3 is 2.92 bits per heavy atom. The Bertz CT molecular complexity index is 888. The zero-order chi connectivity index (χ0) is 16.7. The first kappa shape index (κ1) is 15.2. The van der Waals surface area contributed by atoms with Gasteiger partial charge in [0, 0.05) is 25.0 Å². The lowest BCUT2D eigenvalue weighted by atomic mass is 10.1. The Labute approximate surface area is 140 Å². The molecule has 6 nitrogen and oxygen atoms in total. The molecule has 24 heavy (non-hydrogen) atoms. The number of nitrogens with one attached hydrogen (secondary N) is 1. The van der Waals surface area contributed by atoms with E-state index < -0.39 is 0 Å². The number of fused-ring (bicyclic) bond motifs is 1. The van der Waals surface area contributed by atoms with E-state index in [1.54, 1.807) is 0 Å². The molecule has 0 spiro atoms. The van der Waals surface area contributed by atoms with Crippen LogP contribution in [0.4, 0.5) is 0 Å². The number of aromatic nitrogens is 3. The molecule has 0 bridgehead atoms. The predicted octanol–water partition coefficient (Wildman–Crippen LogP) is 2.48. The van der Waals surface area contributed by atoms with E-state index in [0.29, 0.717) is 5.89 Å². The normalized spacial score (nSPS) is 19.0. The van der Waals surface area contributed by atoms with Crippen molar-refractivity contribution < 1.29 is 4.52 Å². The van der Waals surface area contributed by atoms with E-state index in [0.717, 1.165) is 47.6 Å². The summed E-state index contributed by atoms with van der Waals surface area (Å²) < 4.78 is 5.56. The lowest BCUT2D eigenvalue weighted by Gasteiger charge is -2.30. The zero-order valence-corrected chi connectivity index (χ0v) is 14.2. The standard InChI is InChI=1S/C18H21N5O/c1-11-4-5-15-13(8-11)9-14(12(2)20-15)18-21-17(22-24-18)16-10-19-6-7-23(16)3/h4-5,8-9,16,19H,6-7,10H2,1-3H3. The Balaban J connectivity index is 1.73. The van der Waals surface area contributed by atoms with Gasteiger partial charge >= 0.3 is 0 Å². The van der Waals surface area contributed by atoms with E-state index in [2.05, 4.69) is 57.5 Å². The topological polar surface area (TPSA) is 67.1 Å². The number of piperazine rings is 1. The van der Waals surface area contributed by atoms with Crippen LogP contribution < -0.4 is 5.32 Å². The van der Waals surface area contributed by atoms with Crippen molar-refractivity contribution in [2.75, 3.05) is 26.7 Å². The second kappa shape index (κ2) is 5.96. The third kappa shape index (κ3) is 2.68. The van der Waals surface area contributed by atoms with E-state index in [-0.39, 0.29) is 6.04 Å². The van der Waals surface area contributed by atoms with Gasteiger partial charge in [-0.15, -0.1) is 0 Å². The Morgan fingerprint density at radius 2 is 2.08 bits per heavy atom. The highest BCUT2D eigenvalue weighted by molar-refractivity contribution is 5.84. The molecule has 1 N–H and O–H groups in total. The number of nitrogens with zero attached hydrogens (tertiary/aromatic N) is 4. The van der Waals surface area contributed by atoms with Crippen LogP contribution in [0.1, 0.15) is 23.1 Å². The minimum Gasteiger partial charge on any atom is -0.334 e. The maximum atomic E-state index is 5.56. The van der Waals surface area contributed by atoms with Crippen molar-refractivity contribution in [2.24, 2.45) is 0 Å². The third-order valence-electron chi connectivity index (χ3n) is 4.64. The molecule has 1 saturated heterocycles. The Kier molecular flexibility index (Phi) is 3.78. The van der Waals surface area contributed by atoms with Crippen LogP contribution in [0.15, 0.2) is 28.8 Å². The van der Waals surface area contributed by atoms with Gasteiger partial charge in [0.15, 0.2) is 5.82 Å². The number of hydrogen-bond donors (Lipinski definition) is 1. The highest BCUT2D eigenvalue weighted by Crippen LogP contribution is 2.27. The minimum absolute atomic E-state index is 0.146. The van der Waals surface area contributed by atoms with Gasteiger partial charge in [-0.25, -0.2) is 0 Å². The number of hydrogen-bond acceptors (Lipinski definition) is 6. The van der Waals surface area contributed by atoms with E-state index in [1.807, 2.05) is 13.0 Å². The van der Waals surface area contributed by atoms with Gasteiger partial charge in [-0.1, -0.05) is 16.8 Å². The third-order valence-corrected chi connectivity index (χ3v) is 4.64. The van der Waals surface area contributed by atoms with Crippen molar-refractivity contribution in [1.29, 1.82) is 0 Å². The van der Waals surface area contributed by atoms with E-state index >= 15 is 0 Å². The number of rotatable bonds is 2. The fourth-order valence-corrected chi connectivity index (χ4v) is 3.18. The van der Waals surface area contributed by atoms with Gasteiger partial charge in [-0.05, 0) is 39.1 Å². The van der Waals surface area contributed by atoms with Gasteiger partial charge in [0.1, 0.15) is 0 Å². The summed E-state index contributed by atoms with van der Waals surface area (Å²) in [6.45, 7) is 6.86. The summed E-state index contributed by atoms with van der Waals surface area (Å²) >= 11 is 0. The molecule has 0 amide bonds. The van der Waals surface area contributed by atoms with Crippen LogP contribution in [0.3, 0.4) is 0 Å². The second-order valence-electron chi connectivity index (χ2n) is 6.48. The van der Waals surface area contributed by atoms with Crippen LogP contribution in [0.5, 0.6) is 0 Å². The summed E-state index contributed by atoms with van der Waals surface area (Å²) in [7, 11) is 2.09. The average Bonchev–Trinajstić information content (AvgIpc) is 3.04. The summed E-state index contributed by atoms with van der Waals surface area (Å²) in [6.07, 6.45) is 0. The molecule has 0 radical (unpaired) electrons. The molecule has 1 atom stereocenters. The summed E-state index contributed by atoms with van der Waals surface area (Å²) in [5, 5.41) is 8.68. The molecule has 4 rings (SSSR count). The smallest absolute Gasteiger partial charge is 0.259 e. The first-order valence-electron chi connectivity index (χ1n) is 8.25. The van der Waals surface area contributed by atoms with Gasteiger partial charge in [0.25, 0.3) is 5.89 Å². The van der Waals surface area contributed by atoms with E-state index in [1.165, 1.54) is 5.56 Å². The zero-order valence-electron chi connectivity index (χ0n) is 14.2. The lowest BCUT2D eigenvalue weighted by Crippen LogP contribution is -2.44. The number of benzene rings is 1. The van der Waals surface area contributed by atoms with Crippen LogP contribution in [0.25, 0.3) is 22.4 Å². The number of likely N-dealkylation sites (N-methyl/N-ethyl adjacent to an activating group) is 1. The molecule has 3 heterocycles. The summed E-state index contributed by atoms with van der Waals surface area (Å²) in [5.41, 5.74) is 3.99. The molecule has 0 aliphatic carbocycles. The van der Waals surface area contributed by atoms with Crippen molar-refractivity contribution in [3.05, 3.63) is 41.3 Å². The van der Waals surface area contributed by atoms with Crippen LogP contribution in [0.2, 0.25) is 0 Å². The highest BCUT2D eigenvalue weighted by Gasteiger charge is 2.26. The maximum absolute atomic E-state index is 5.56. The van der Waals surface area contributed by atoms with Crippen molar-refractivity contribution >= 4 is 10.9 Å². The molecule has 1 unspecified atom stereocenters. The summed E-state index contributed by atoms with van der Waals surface area (Å²) in [4.78, 5) is 11.6. The van der Waals surface area contributed by atoms with Crippen LogP contribution in [0, 0.1) is 13.8 Å². The van der Waals surface area contributed by atoms with Gasteiger partial charge in [-0.3, -0.25) is 9.88 Å². The molecule has 1 aromatic carbocycles. The van der Waals surface area contributed by atoms with Crippen LogP contribution in [-0.4, -0.2) is 46.7 Å². The molecule has 0 saturated carbocycles. The quantitative estimate of drug-likeness (QED) is 0.781. The largest absolute Gasteiger partial charge is 0.334 e. The van der Waals surface area contributed by atoms with Gasteiger partial charge in [-0.2, -0.15) is 4.98 Å². The predicted molar refractivity (Wildman–Crippen MR) is 92.7 cm³/mol. The molecule has 3 aromatic rings. The average molecular weight is 323 g/mol. The molecular formula is C18H21N5O. The molecular weight excluding hydrogens is 302 g/mol. The Hall–Kier alpha value is -2.31. The molecule has 1 aliphatic rings. The molecule has 1 fully saturated rings. The molecule has 2 aromatic heterocycles. The molecule has 1 aliphatic heterocycles. The van der Waals surface area contributed by atoms with Gasteiger partial charge in [0.05, 0.1) is 22.8 Å². The van der Waals surface area contributed by atoms with Crippen molar-refractivity contribution in [2.45, 2.75) is 19.9 Å². The van der Waals surface area contributed by atoms with E-state index in [9.17, 15) is 0 Å². The minimum atomic E-state index is 0.146. The second-order valence-corrected chi connectivity index (χ2v) is 6.48. The molecule has 6 heteroatoms. The number of aryl methyl sites for hydroxylation is 2. The number of pyridine rings is 1. The Morgan fingerprint density at radius 1 is 1.21 bits per heavy atom. The van der Waals surface area contributed by atoms with Gasteiger partial charge < -0.3 is 9.84 Å². The fraction of sp³-hybridized carbons (Fsp3) is 0.389. The monoisotopic (exact) mass is 323 g/mol. The van der Waals surface area contributed by atoms with Crippen molar-refractivity contribution in [3.63, 3.8) is 0 Å². The van der Waals surface area contributed by atoms with Gasteiger partial charge in [0.2, 0.25) is 0 Å². The first-order chi connectivity index (χ1) is 11.6. The maximum Gasteiger partial charge on any atom is 0.259 e. The summed E-state index contributed by atoms with van der Waals surface area (Å²) in [5.74, 6) is 1.26. The highest BCUT2D eigenvalue weighted by atomic mass is 16.5.